The first-order chi connectivity index (χ1) is 14.1. The number of allylic oxidation sites excluding steroid dienone is 1. The van der Waals surface area contributed by atoms with Gasteiger partial charge in [-0.05, 0) is 36.8 Å². The van der Waals surface area contributed by atoms with E-state index in [-0.39, 0.29) is 18.3 Å². The number of carbonyl (C=O) groups excluding carboxylic acids is 1. The minimum absolute atomic E-state index is 0.116. The molecule has 29 heavy (non-hydrogen) atoms. The SMILES string of the molecule is C=CCn1c(COc2ccccc2)nnc1SCC(=O)Nc1cc(F)ccc1C. The molecule has 0 fully saturated rings. The van der Waals surface area contributed by atoms with Crippen molar-refractivity contribution in [2.24, 2.45) is 0 Å². The zero-order valence-electron chi connectivity index (χ0n) is 16.0. The summed E-state index contributed by atoms with van der Waals surface area (Å²) in [5.41, 5.74) is 1.25. The van der Waals surface area contributed by atoms with Gasteiger partial charge in [0.15, 0.2) is 11.0 Å². The van der Waals surface area contributed by atoms with Crippen molar-refractivity contribution in [3.63, 3.8) is 0 Å². The molecule has 0 saturated heterocycles. The highest BCUT2D eigenvalue weighted by Crippen LogP contribution is 2.20. The van der Waals surface area contributed by atoms with E-state index in [1.54, 1.807) is 12.1 Å². The van der Waals surface area contributed by atoms with Crippen LogP contribution >= 0.6 is 11.8 Å². The van der Waals surface area contributed by atoms with Crippen LogP contribution in [0.5, 0.6) is 5.75 Å². The number of hydrogen-bond donors (Lipinski definition) is 1. The fraction of sp³-hybridized carbons (Fsp3) is 0.190. The van der Waals surface area contributed by atoms with E-state index in [0.29, 0.717) is 23.2 Å². The molecule has 0 aliphatic rings. The minimum Gasteiger partial charge on any atom is -0.486 e. The number of anilines is 1. The molecule has 0 atom stereocenters. The van der Waals surface area contributed by atoms with E-state index < -0.39 is 5.82 Å². The van der Waals surface area contributed by atoms with Gasteiger partial charge in [-0.2, -0.15) is 0 Å². The average Bonchev–Trinajstić information content (AvgIpc) is 3.10. The molecule has 0 saturated carbocycles. The third-order valence-electron chi connectivity index (χ3n) is 4.02. The highest BCUT2D eigenvalue weighted by molar-refractivity contribution is 7.99. The van der Waals surface area contributed by atoms with Gasteiger partial charge in [-0.25, -0.2) is 4.39 Å². The summed E-state index contributed by atoms with van der Waals surface area (Å²) in [6, 6.07) is 13.7. The van der Waals surface area contributed by atoms with E-state index in [1.165, 1.54) is 23.9 Å². The Bertz CT molecular complexity index is 992. The number of thioether (sulfide) groups is 1. The molecule has 3 rings (SSSR count). The molecule has 0 radical (unpaired) electrons. The lowest BCUT2D eigenvalue weighted by atomic mass is 10.2. The summed E-state index contributed by atoms with van der Waals surface area (Å²) < 4.78 is 21.0. The summed E-state index contributed by atoms with van der Waals surface area (Å²) in [4.78, 5) is 12.3. The Morgan fingerprint density at radius 2 is 2.07 bits per heavy atom. The normalized spacial score (nSPS) is 10.6. The second-order valence-electron chi connectivity index (χ2n) is 6.20. The number of benzene rings is 2. The van der Waals surface area contributed by atoms with Crippen molar-refractivity contribution >= 4 is 23.4 Å². The van der Waals surface area contributed by atoms with E-state index >= 15 is 0 Å². The van der Waals surface area contributed by atoms with Crippen molar-refractivity contribution in [1.82, 2.24) is 14.8 Å². The zero-order valence-corrected chi connectivity index (χ0v) is 16.8. The first kappa shape index (κ1) is 20.6. The van der Waals surface area contributed by atoms with E-state index in [4.69, 9.17) is 4.74 Å². The maximum absolute atomic E-state index is 13.4. The second kappa shape index (κ2) is 9.88. The van der Waals surface area contributed by atoms with Gasteiger partial charge in [0.05, 0.1) is 5.75 Å². The average molecular weight is 412 g/mol. The van der Waals surface area contributed by atoms with Gasteiger partial charge >= 0.3 is 0 Å². The summed E-state index contributed by atoms with van der Waals surface area (Å²) in [7, 11) is 0. The van der Waals surface area contributed by atoms with Gasteiger partial charge in [-0.3, -0.25) is 9.36 Å². The number of nitrogens with one attached hydrogen (secondary N) is 1. The van der Waals surface area contributed by atoms with Crippen LogP contribution in [-0.2, 0) is 17.9 Å². The van der Waals surface area contributed by atoms with Crippen molar-refractivity contribution in [3.05, 3.63) is 78.4 Å². The van der Waals surface area contributed by atoms with Crippen LogP contribution in [0.4, 0.5) is 10.1 Å². The van der Waals surface area contributed by atoms with E-state index in [9.17, 15) is 9.18 Å². The van der Waals surface area contributed by atoms with E-state index in [1.807, 2.05) is 41.8 Å². The predicted octanol–water partition coefficient (Wildman–Crippen LogP) is 4.22. The number of aryl methyl sites for hydroxylation is 1. The maximum Gasteiger partial charge on any atom is 0.234 e. The topological polar surface area (TPSA) is 69.0 Å². The third kappa shape index (κ3) is 5.68. The lowest BCUT2D eigenvalue weighted by Crippen LogP contribution is -2.16. The Hall–Kier alpha value is -3.13. The highest BCUT2D eigenvalue weighted by Gasteiger charge is 2.14. The first-order valence-electron chi connectivity index (χ1n) is 8.96. The smallest absolute Gasteiger partial charge is 0.234 e. The molecule has 1 amide bonds. The highest BCUT2D eigenvalue weighted by atomic mass is 32.2. The number of aromatic nitrogens is 3. The molecular formula is C21H21FN4O2S. The maximum atomic E-state index is 13.4. The molecule has 6 nitrogen and oxygen atoms in total. The van der Waals surface area contributed by atoms with Crippen LogP contribution in [-0.4, -0.2) is 26.4 Å². The second-order valence-corrected chi connectivity index (χ2v) is 7.14. The Labute approximate surface area is 172 Å². The van der Waals surface area contributed by atoms with E-state index in [0.717, 1.165) is 11.3 Å². The molecule has 0 aliphatic heterocycles. The molecule has 2 aromatic carbocycles. The Kier molecular flexibility index (Phi) is 7.02. The quantitative estimate of drug-likeness (QED) is 0.421. The largest absolute Gasteiger partial charge is 0.486 e. The number of rotatable bonds is 9. The standard InChI is InChI=1S/C21H21FN4O2S/c1-3-11-26-19(13-28-17-7-5-4-6-8-17)24-25-21(26)29-14-20(27)23-18-12-16(22)10-9-15(18)2/h3-10,12H,1,11,13-14H2,2H3,(H,23,27). The molecule has 1 heterocycles. The summed E-state index contributed by atoms with van der Waals surface area (Å²) in [5.74, 6) is 0.841. The molecule has 8 heteroatoms. The molecule has 0 bridgehead atoms. The summed E-state index contributed by atoms with van der Waals surface area (Å²) in [6.45, 7) is 6.31. The molecular weight excluding hydrogens is 391 g/mol. The van der Waals surface area contributed by atoms with Gasteiger partial charge in [0.25, 0.3) is 0 Å². The predicted molar refractivity (Wildman–Crippen MR) is 111 cm³/mol. The Morgan fingerprint density at radius 3 is 2.83 bits per heavy atom. The van der Waals surface area contributed by atoms with Crippen LogP contribution in [0.25, 0.3) is 0 Å². The lowest BCUT2D eigenvalue weighted by molar-refractivity contribution is -0.113. The van der Waals surface area contributed by atoms with Gasteiger partial charge in [0.1, 0.15) is 18.2 Å². The van der Waals surface area contributed by atoms with Crippen LogP contribution < -0.4 is 10.1 Å². The first-order valence-corrected chi connectivity index (χ1v) is 9.95. The van der Waals surface area contributed by atoms with Gasteiger partial charge < -0.3 is 10.1 Å². The lowest BCUT2D eigenvalue weighted by Gasteiger charge is -2.10. The van der Waals surface area contributed by atoms with Crippen molar-refractivity contribution in [2.45, 2.75) is 25.2 Å². The number of ether oxygens (including phenoxy) is 1. The molecule has 1 N–H and O–H groups in total. The van der Waals surface area contributed by atoms with Crippen molar-refractivity contribution in [3.8, 4) is 5.75 Å². The molecule has 0 aliphatic carbocycles. The van der Waals surface area contributed by atoms with Crippen LogP contribution in [0.2, 0.25) is 0 Å². The number of halogens is 1. The molecule has 150 valence electrons. The third-order valence-corrected chi connectivity index (χ3v) is 4.99. The Morgan fingerprint density at radius 1 is 1.28 bits per heavy atom. The van der Waals surface area contributed by atoms with Crippen molar-refractivity contribution in [2.75, 3.05) is 11.1 Å². The van der Waals surface area contributed by atoms with Crippen molar-refractivity contribution < 1.29 is 13.9 Å². The minimum atomic E-state index is -0.396. The van der Waals surface area contributed by atoms with Crippen LogP contribution in [0.3, 0.4) is 0 Å². The van der Waals surface area contributed by atoms with Gasteiger partial charge in [-0.15, -0.1) is 16.8 Å². The van der Waals surface area contributed by atoms with Gasteiger partial charge in [-0.1, -0.05) is 42.1 Å². The van der Waals surface area contributed by atoms with Crippen LogP contribution in [0, 0.1) is 12.7 Å². The van der Waals surface area contributed by atoms with Gasteiger partial charge in [0, 0.05) is 12.2 Å². The number of para-hydroxylation sites is 1. The summed E-state index contributed by atoms with van der Waals surface area (Å²) >= 11 is 1.25. The van der Waals surface area contributed by atoms with Crippen LogP contribution in [0.1, 0.15) is 11.4 Å². The zero-order chi connectivity index (χ0) is 20.6. The summed E-state index contributed by atoms with van der Waals surface area (Å²) in [6.07, 6.45) is 1.73. The fourth-order valence-corrected chi connectivity index (χ4v) is 3.32. The number of amides is 1. The van der Waals surface area contributed by atoms with E-state index in [2.05, 4.69) is 22.1 Å². The number of nitrogens with zero attached hydrogens (tertiary/aromatic N) is 3. The Balaban J connectivity index is 1.62. The van der Waals surface area contributed by atoms with Crippen LogP contribution in [0.15, 0.2) is 66.3 Å². The number of carbonyl (C=O) groups is 1. The number of hydrogen-bond acceptors (Lipinski definition) is 5. The molecule has 3 aromatic rings. The fourth-order valence-electron chi connectivity index (χ4n) is 2.55. The molecule has 1 aromatic heterocycles. The monoisotopic (exact) mass is 412 g/mol. The van der Waals surface area contributed by atoms with Gasteiger partial charge in [0.2, 0.25) is 5.91 Å². The molecule has 0 spiro atoms. The van der Waals surface area contributed by atoms with Crippen molar-refractivity contribution in [1.29, 1.82) is 0 Å². The summed E-state index contributed by atoms with van der Waals surface area (Å²) in [5, 5.41) is 11.7. The molecule has 0 unspecified atom stereocenters.